The minimum atomic E-state index is -3.44. The van der Waals surface area contributed by atoms with Crippen molar-refractivity contribution >= 4 is 49.8 Å². The Balaban J connectivity index is 1.42. The zero-order valence-electron chi connectivity index (χ0n) is 15.7. The highest BCUT2D eigenvalue weighted by Crippen LogP contribution is 2.28. The summed E-state index contributed by atoms with van der Waals surface area (Å²) in [6.07, 6.45) is 3.25. The predicted octanol–water partition coefficient (Wildman–Crippen LogP) is 3.04. The first-order valence-corrected chi connectivity index (χ1v) is 12.0. The third-order valence-corrected chi connectivity index (χ3v) is 8.53. The van der Waals surface area contributed by atoms with Gasteiger partial charge in [-0.15, -0.1) is 11.3 Å². The Kier molecular flexibility index (Phi) is 4.94. The Morgan fingerprint density at radius 2 is 1.87 bits per heavy atom. The molecule has 1 aromatic carbocycles. The molecule has 8 nitrogen and oxygen atoms in total. The molecule has 0 aliphatic carbocycles. The van der Waals surface area contributed by atoms with Gasteiger partial charge in [-0.2, -0.15) is 9.40 Å². The van der Waals surface area contributed by atoms with Crippen LogP contribution < -0.4 is 4.90 Å². The SMILES string of the molecule is O=S(=O)(c1cccs1)N1CCN(c2ncnc3c2cnn3-c2cccc(Cl)c2)CC1. The predicted molar refractivity (Wildman–Crippen MR) is 117 cm³/mol. The van der Waals surface area contributed by atoms with E-state index >= 15 is 0 Å². The fraction of sp³-hybridized carbons (Fsp3) is 0.211. The smallest absolute Gasteiger partial charge is 0.252 e. The molecular formula is C19H17ClN6O2S2. The third-order valence-electron chi connectivity index (χ3n) is 5.02. The molecule has 0 atom stereocenters. The molecule has 3 aromatic heterocycles. The monoisotopic (exact) mass is 460 g/mol. The number of benzene rings is 1. The van der Waals surface area contributed by atoms with Crippen LogP contribution in [0, 0.1) is 0 Å². The van der Waals surface area contributed by atoms with Crippen molar-refractivity contribution in [2.75, 3.05) is 31.1 Å². The zero-order chi connectivity index (χ0) is 20.7. The normalized spacial score (nSPS) is 15.7. The summed E-state index contributed by atoms with van der Waals surface area (Å²) in [5, 5.41) is 7.68. The first-order valence-electron chi connectivity index (χ1n) is 9.27. The summed E-state index contributed by atoms with van der Waals surface area (Å²) < 4.78 is 29.2. The average Bonchev–Trinajstić information content (AvgIpc) is 3.44. The molecule has 0 amide bonds. The van der Waals surface area contributed by atoms with E-state index in [2.05, 4.69) is 20.0 Å². The van der Waals surface area contributed by atoms with Crippen LogP contribution in [0.2, 0.25) is 5.02 Å². The van der Waals surface area contributed by atoms with Crippen molar-refractivity contribution in [3.63, 3.8) is 0 Å². The lowest BCUT2D eigenvalue weighted by Gasteiger charge is -2.34. The molecule has 4 heterocycles. The van der Waals surface area contributed by atoms with Gasteiger partial charge in [0.25, 0.3) is 10.0 Å². The number of hydrogen-bond acceptors (Lipinski definition) is 7. The Morgan fingerprint density at radius 3 is 2.60 bits per heavy atom. The van der Waals surface area contributed by atoms with Crippen LogP contribution in [0.1, 0.15) is 0 Å². The van der Waals surface area contributed by atoms with Gasteiger partial charge in [0.1, 0.15) is 16.4 Å². The number of piperazine rings is 1. The maximum absolute atomic E-state index is 12.8. The van der Waals surface area contributed by atoms with Crippen molar-refractivity contribution in [2.24, 2.45) is 0 Å². The summed E-state index contributed by atoms with van der Waals surface area (Å²) in [6, 6.07) is 10.8. The van der Waals surface area contributed by atoms with Crippen molar-refractivity contribution in [1.29, 1.82) is 0 Å². The van der Waals surface area contributed by atoms with Crippen LogP contribution in [0.4, 0.5) is 5.82 Å². The molecule has 0 radical (unpaired) electrons. The van der Waals surface area contributed by atoms with E-state index < -0.39 is 10.0 Å². The second-order valence-corrected chi connectivity index (χ2v) is 10.3. The maximum atomic E-state index is 12.8. The molecule has 0 unspecified atom stereocenters. The van der Waals surface area contributed by atoms with Crippen molar-refractivity contribution < 1.29 is 8.42 Å². The molecule has 1 saturated heterocycles. The summed E-state index contributed by atoms with van der Waals surface area (Å²) in [5.74, 6) is 0.751. The van der Waals surface area contributed by atoms with E-state index in [9.17, 15) is 8.42 Å². The van der Waals surface area contributed by atoms with Gasteiger partial charge in [0.2, 0.25) is 0 Å². The van der Waals surface area contributed by atoms with Crippen LogP contribution in [-0.4, -0.2) is 58.7 Å². The molecule has 0 spiro atoms. The summed E-state index contributed by atoms with van der Waals surface area (Å²) in [5.41, 5.74) is 1.49. The fourth-order valence-corrected chi connectivity index (χ4v) is 6.31. The fourth-order valence-electron chi connectivity index (χ4n) is 3.56. The van der Waals surface area contributed by atoms with Gasteiger partial charge in [-0.05, 0) is 29.6 Å². The lowest BCUT2D eigenvalue weighted by molar-refractivity contribution is 0.385. The van der Waals surface area contributed by atoms with Crippen molar-refractivity contribution in [3.05, 3.63) is 59.3 Å². The van der Waals surface area contributed by atoms with E-state index in [0.717, 1.165) is 16.9 Å². The molecule has 30 heavy (non-hydrogen) atoms. The minimum Gasteiger partial charge on any atom is -0.353 e. The number of anilines is 1. The van der Waals surface area contributed by atoms with Gasteiger partial charge in [0.15, 0.2) is 5.65 Å². The van der Waals surface area contributed by atoms with Gasteiger partial charge < -0.3 is 4.90 Å². The van der Waals surface area contributed by atoms with Gasteiger partial charge in [-0.1, -0.05) is 23.7 Å². The van der Waals surface area contributed by atoms with Crippen LogP contribution in [0.3, 0.4) is 0 Å². The number of nitrogens with zero attached hydrogens (tertiary/aromatic N) is 6. The van der Waals surface area contributed by atoms with E-state index in [1.807, 2.05) is 18.2 Å². The molecule has 1 fully saturated rings. The highest BCUT2D eigenvalue weighted by Gasteiger charge is 2.30. The summed E-state index contributed by atoms with van der Waals surface area (Å²) in [6.45, 7) is 1.88. The lowest BCUT2D eigenvalue weighted by atomic mass is 10.3. The lowest BCUT2D eigenvalue weighted by Crippen LogP contribution is -2.48. The second kappa shape index (κ2) is 7.62. The molecule has 5 rings (SSSR count). The Bertz CT molecular complexity index is 1300. The molecular weight excluding hydrogens is 444 g/mol. The molecule has 1 aliphatic heterocycles. The topological polar surface area (TPSA) is 84.2 Å². The Morgan fingerprint density at radius 1 is 1.03 bits per heavy atom. The van der Waals surface area contributed by atoms with Crippen molar-refractivity contribution in [3.8, 4) is 5.69 Å². The molecule has 154 valence electrons. The summed E-state index contributed by atoms with van der Waals surface area (Å²) >= 11 is 7.36. The van der Waals surface area contributed by atoms with E-state index in [1.165, 1.54) is 22.0 Å². The maximum Gasteiger partial charge on any atom is 0.252 e. The van der Waals surface area contributed by atoms with Crippen LogP contribution in [-0.2, 0) is 10.0 Å². The Labute approximate surface area is 182 Å². The summed E-state index contributed by atoms with van der Waals surface area (Å²) in [4.78, 5) is 10.9. The molecule has 4 aromatic rings. The molecule has 0 saturated carbocycles. The number of rotatable bonds is 4. The standard InChI is InChI=1S/C19H17ClN6O2S2/c20-14-3-1-4-15(11-14)26-19-16(12-23-26)18(21-13-22-19)24-6-8-25(9-7-24)30(27,28)17-5-2-10-29-17/h1-5,10-13H,6-9H2. The molecule has 11 heteroatoms. The van der Waals surface area contributed by atoms with Gasteiger partial charge in [0, 0.05) is 31.2 Å². The Hall–Kier alpha value is -2.53. The second-order valence-electron chi connectivity index (χ2n) is 6.79. The van der Waals surface area contributed by atoms with Gasteiger partial charge in [-0.3, -0.25) is 0 Å². The third kappa shape index (κ3) is 3.35. The number of halogens is 1. The largest absolute Gasteiger partial charge is 0.353 e. The van der Waals surface area contributed by atoms with Gasteiger partial charge in [-0.25, -0.2) is 23.1 Å². The van der Waals surface area contributed by atoms with Gasteiger partial charge >= 0.3 is 0 Å². The number of hydrogen-bond donors (Lipinski definition) is 0. The van der Waals surface area contributed by atoms with E-state index in [0.29, 0.717) is 41.1 Å². The number of sulfonamides is 1. The number of fused-ring (bicyclic) bond motifs is 1. The highest BCUT2D eigenvalue weighted by atomic mass is 35.5. The molecule has 0 N–H and O–H groups in total. The van der Waals surface area contributed by atoms with Crippen molar-refractivity contribution in [2.45, 2.75) is 4.21 Å². The number of aromatic nitrogens is 4. The molecule has 1 aliphatic rings. The average molecular weight is 461 g/mol. The van der Waals surface area contributed by atoms with E-state index in [4.69, 9.17) is 11.6 Å². The quantitative estimate of drug-likeness (QED) is 0.465. The minimum absolute atomic E-state index is 0.378. The van der Waals surface area contributed by atoms with E-state index in [1.54, 1.807) is 34.5 Å². The first-order chi connectivity index (χ1) is 14.5. The van der Waals surface area contributed by atoms with Crippen LogP contribution in [0.15, 0.2) is 58.5 Å². The van der Waals surface area contributed by atoms with Crippen molar-refractivity contribution in [1.82, 2.24) is 24.1 Å². The molecule has 0 bridgehead atoms. The highest BCUT2D eigenvalue weighted by molar-refractivity contribution is 7.91. The first kappa shape index (κ1) is 19.4. The summed E-state index contributed by atoms with van der Waals surface area (Å²) in [7, 11) is -3.44. The zero-order valence-corrected chi connectivity index (χ0v) is 18.1. The van der Waals surface area contributed by atoms with Gasteiger partial charge in [0.05, 0.1) is 17.3 Å². The number of thiophene rings is 1. The van der Waals surface area contributed by atoms with Crippen LogP contribution in [0.25, 0.3) is 16.7 Å². The van der Waals surface area contributed by atoms with Crippen LogP contribution >= 0.6 is 22.9 Å². The van der Waals surface area contributed by atoms with Crippen LogP contribution in [0.5, 0.6) is 0 Å². The van der Waals surface area contributed by atoms with E-state index in [-0.39, 0.29) is 0 Å².